The average molecular weight is 347 g/mol. The summed E-state index contributed by atoms with van der Waals surface area (Å²) in [5, 5.41) is 2.92. The fourth-order valence-corrected chi connectivity index (χ4v) is 3.71. The molecule has 6 nitrogen and oxygen atoms in total. The van der Waals surface area contributed by atoms with Crippen molar-refractivity contribution in [1.82, 2.24) is 9.97 Å². The van der Waals surface area contributed by atoms with E-state index in [-0.39, 0.29) is 23.0 Å². The largest absolute Gasteiger partial charge is 0.302 e. The van der Waals surface area contributed by atoms with Gasteiger partial charge in [-0.05, 0) is 31.4 Å². The summed E-state index contributed by atoms with van der Waals surface area (Å²) in [5.41, 5.74) is 0.825. The second-order valence-corrected chi connectivity index (χ2v) is 6.52. The molecular weight excluding hydrogens is 333 g/mol. The Morgan fingerprint density at radius 1 is 1.38 bits per heavy atom. The number of Topliss-reactive ketones (excluding diaryl/α,β-unsaturated/α-hetero) is 2. The Kier molecular flexibility index (Phi) is 4.48. The first-order valence-electron chi connectivity index (χ1n) is 7.43. The summed E-state index contributed by atoms with van der Waals surface area (Å²) in [5.74, 6) is -2.44. The molecule has 0 spiro atoms. The number of carbonyl (C=O) groups is 3. The molecule has 1 aliphatic rings. The lowest BCUT2D eigenvalue weighted by Crippen LogP contribution is -2.23. The number of pyridine rings is 1. The smallest absolute Gasteiger partial charge is 0.223 e. The highest BCUT2D eigenvalue weighted by Crippen LogP contribution is 2.32. The van der Waals surface area contributed by atoms with Crippen LogP contribution in [0, 0.1) is 11.9 Å². The zero-order valence-electron chi connectivity index (χ0n) is 12.8. The summed E-state index contributed by atoms with van der Waals surface area (Å²) in [4.78, 5) is 44.6. The predicted octanol–water partition coefficient (Wildman–Crippen LogP) is 2.65. The molecule has 1 N–H and O–H groups in total. The van der Waals surface area contributed by atoms with Crippen molar-refractivity contribution in [2.24, 2.45) is 5.92 Å². The lowest BCUT2D eigenvalue weighted by molar-refractivity contribution is -0.114. The van der Waals surface area contributed by atoms with Crippen molar-refractivity contribution in [2.45, 2.75) is 26.2 Å². The molecule has 1 unspecified atom stereocenters. The van der Waals surface area contributed by atoms with Crippen LogP contribution in [0.2, 0.25) is 0 Å². The number of amides is 1. The van der Waals surface area contributed by atoms with E-state index in [9.17, 15) is 18.8 Å². The Labute approximate surface area is 141 Å². The van der Waals surface area contributed by atoms with Crippen LogP contribution < -0.4 is 5.32 Å². The third-order valence-electron chi connectivity index (χ3n) is 3.76. The Balaban J connectivity index is 1.89. The van der Waals surface area contributed by atoms with Crippen molar-refractivity contribution < 1.29 is 18.8 Å². The van der Waals surface area contributed by atoms with Crippen LogP contribution in [0.4, 0.5) is 9.52 Å². The topological polar surface area (TPSA) is 89.0 Å². The van der Waals surface area contributed by atoms with Crippen molar-refractivity contribution in [3.8, 4) is 0 Å². The van der Waals surface area contributed by atoms with Crippen molar-refractivity contribution in [3.63, 3.8) is 0 Å². The highest BCUT2D eigenvalue weighted by Gasteiger charge is 2.34. The SMILES string of the molecule is CC(=O)Nc1nc2c(s1)C(=O)C(C(=O)c1ccc(F)nc1)CCC2. The van der Waals surface area contributed by atoms with Crippen molar-refractivity contribution >= 4 is 33.9 Å². The molecule has 2 aromatic heterocycles. The molecule has 1 atom stereocenters. The van der Waals surface area contributed by atoms with E-state index in [1.807, 2.05) is 0 Å². The first kappa shape index (κ1) is 16.4. The van der Waals surface area contributed by atoms with Crippen molar-refractivity contribution in [1.29, 1.82) is 0 Å². The van der Waals surface area contributed by atoms with Gasteiger partial charge in [-0.25, -0.2) is 9.97 Å². The minimum atomic E-state index is -0.830. The number of rotatable bonds is 3. The van der Waals surface area contributed by atoms with Gasteiger partial charge in [0.15, 0.2) is 16.7 Å². The van der Waals surface area contributed by atoms with Gasteiger partial charge in [-0.2, -0.15) is 4.39 Å². The summed E-state index contributed by atoms with van der Waals surface area (Å²) >= 11 is 1.08. The van der Waals surface area contributed by atoms with E-state index in [0.29, 0.717) is 35.0 Å². The highest BCUT2D eigenvalue weighted by atomic mass is 32.1. The molecule has 3 rings (SSSR count). The summed E-state index contributed by atoms with van der Waals surface area (Å²) in [6.07, 6.45) is 2.76. The number of nitrogens with zero attached hydrogens (tertiary/aromatic N) is 2. The first-order valence-corrected chi connectivity index (χ1v) is 8.24. The van der Waals surface area contributed by atoms with Gasteiger partial charge in [0, 0.05) is 18.7 Å². The summed E-state index contributed by atoms with van der Waals surface area (Å²) in [6.45, 7) is 1.36. The number of carbonyl (C=O) groups excluding carboxylic acids is 3. The molecule has 124 valence electrons. The molecule has 0 saturated heterocycles. The van der Waals surface area contributed by atoms with Gasteiger partial charge >= 0.3 is 0 Å². The predicted molar refractivity (Wildman–Crippen MR) is 85.7 cm³/mol. The van der Waals surface area contributed by atoms with E-state index in [0.717, 1.165) is 23.6 Å². The van der Waals surface area contributed by atoms with Crippen LogP contribution in [-0.4, -0.2) is 27.4 Å². The number of ketones is 2. The summed E-state index contributed by atoms with van der Waals surface area (Å²) in [6, 6.07) is 2.43. The van der Waals surface area contributed by atoms with Crippen LogP contribution in [0.3, 0.4) is 0 Å². The zero-order chi connectivity index (χ0) is 17.3. The first-order chi connectivity index (χ1) is 11.5. The number of hydrogen-bond donors (Lipinski definition) is 1. The van der Waals surface area contributed by atoms with E-state index in [2.05, 4.69) is 15.3 Å². The number of aromatic nitrogens is 2. The molecule has 1 amide bonds. The number of thiazole rings is 1. The molecule has 1 aliphatic carbocycles. The van der Waals surface area contributed by atoms with Gasteiger partial charge in [0.1, 0.15) is 0 Å². The van der Waals surface area contributed by atoms with E-state index < -0.39 is 11.9 Å². The maximum Gasteiger partial charge on any atom is 0.223 e. The highest BCUT2D eigenvalue weighted by molar-refractivity contribution is 7.17. The number of fused-ring (bicyclic) bond motifs is 1. The molecule has 8 heteroatoms. The summed E-state index contributed by atoms with van der Waals surface area (Å²) < 4.78 is 12.9. The maximum absolute atomic E-state index is 12.9. The van der Waals surface area contributed by atoms with Gasteiger partial charge in [0.25, 0.3) is 0 Å². The number of halogens is 1. The van der Waals surface area contributed by atoms with E-state index in [1.165, 1.54) is 13.0 Å². The molecule has 0 fully saturated rings. The standard InChI is InChI=1S/C16H14FN3O3S/c1-8(21)19-16-20-11-4-2-3-10(14(23)15(11)24-16)13(22)9-5-6-12(17)18-7-9/h5-7,10H,2-4H2,1H3,(H,19,20,21). The minimum absolute atomic E-state index is 0.213. The average Bonchev–Trinajstić information content (AvgIpc) is 2.86. The molecule has 0 bridgehead atoms. The number of aryl methyl sites for hydroxylation is 1. The Hall–Kier alpha value is -2.48. The van der Waals surface area contributed by atoms with Crippen molar-refractivity contribution in [2.75, 3.05) is 5.32 Å². The Morgan fingerprint density at radius 2 is 2.17 bits per heavy atom. The van der Waals surface area contributed by atoms with E-state index >= 15 is 0 Å². The molecule has 0 aliphatic heterocycles. The molecule has 24 heavy (non-hydrogen) atoms. The second kappa shape index (κ2) is 6.56. The maximum atomic E-state index is 12.9. The van der Waals surface area contributed by atoms with Gasteiger partial charge in [-0.15, -0.1) is 0 Å². The molecular formula is C16H14FN3O3S. The van der Waals surface area contributed by atoms with Crippen LogP contribution >= 0.6 is 11.3 Å². The number of nitrogens with one attached hydrogen (secondary N) is 1. The van der Waals surface area contributed by atoms with Gasteiger partial charge in [-0.1, -0.05) is 11.3 Å². The zero-order valence-corrected chi connectivity index (χ0v) is 13.7. The molecule has 0 saturated carbocycles. The number of hydrogen-bond acceptors (Lipinski definition) is 6. The Bertz CT molecular complexity index is 816. The summed E-state index contributed by atoms with van der Waals surface area (Å²) in [7, 11) is 0. The molecule has 0 aromatic carbocycles. The van der Waals surface area contributed by atoms with Crippen LogP contribution in [0.5, 0.6) is 0 Å². The molecule has 2 heterocycles. The normalized spacial score (nSPS) is 17.1. The number of anilines is 1. The van der Waals surface area contributed by atoms with E-state index in [1.54, 1.807) is 0 Å². The minimum Gasteiger partial charge on any atom is -0.302 e. The fourth-order valence-electron chi connectivity index (χ4n) is 2.65. The van der Waals surface area contributed by atoms with Gasteiger partial charge in [0.2, 0.25) is 11.9 Å². The van der Waals surface area contributed by atoms with Crippen LogP contribution in [0.25, 0.3) is 0 Å². The quantitative estimate of drug-likeness (QED) is 0.399. The lowest BCUT2D eigenvalue weighted by Gasteiger charge is -2.11. The van der Waals surface area contributed by atoms with Gasteiger partial charge < -0.3 is 5.32 Å². The van der Waals surface area contributed by atoms with Gasteiger partial charge in [-0.3, -0.25) is 14.4 Å². The monoisotopic (exact) mass is 347 g/mol. The lowest BCUT2D eigenvalue weighted by atomic mass is 9.91. The second-order valence-electron chi connectivity index (χ2n) is 5.52. The van der Waals surface area contributed by atoms with Crippen molar-refractivity contribution in [3.05, 3.63) is 40.4 Å². The van der Waals surface area contributed by atoms with Crippen LogP contribution in [-0.2, 0) is 11.2 Å². The molecule has 0 radical (unpaired) electrons. The Morgan fingerprint density at radius 3 is 2.83 bits per heavy atom. The third-order valence-corrected chi connectivity index (χ3v) is 4.78. The fraction of sp³-hybridized carbons (Fsp3) is 0.312. The third kappa shape index (κ3) is 3.23. The van der Waals surface area contributed by atoms with Gasteiger partial charge in [0.05, 0.1) is 16.5 Å². The van der Waals surface area contributed by atoms with E-state index in [4.69, 9.17) is 0 Å². The van der Waals surface area contributed by atoms with Crippen LogP contribution in [0.1, 0.15) is 45.5 Å². The van der Waals surface area contributed by atoms with Crippen LogP contribution in [0.15, 0.2) is 18.3 Å². The molecule has 2 aromatic rings.